The van der Waals surface area contributed by atoms with E-state index in [2.05, 4.69) is 13.8 Å². The first kappa shape index (κ1) is 18.1. The fourth-order valence-electron chi connectivity index (χ4n) is 3.91. The highest BCUT2D eigenvalue weighted by Gasteiger charge is 2.31. The van der Waals surface area contributed by atoms with E-state index in [1.807, 2.05) is 0 Å². The Morgan fingerprint density at radius 3 is 2.44 bits per heavy atom. The van der Waals surface area contributed by atoms with Gasteiger partial charge in [0.15, 0.2) is 11.5 Å². The Morgan fingerprint density at radius 2 is 1.84 bits per heavy atom. The molecule has 0 saturated carbocycles. The molecule has 0 N–H and O–H groups in total. The molecule has 0 spiro atoms. The Balaban J connectivity index is 1.60. The van der Waals surface area contributed by atoms with Gasteiger partial charge in [0, 0.05) is 19.2 Å². The van der Waals surface area contributed by atoms with E-state index in [0.717, 1.165) is 25.7 Å². The van der Waals surface area contributed by atoms with Gasteiger partial charge in [-0.05, 0) is 45.6 Å². The normalized spacial score (nSPS) is 28.1. The number of anilines is 1. The molecule has 2 saturated heterocycles. The first-order valence-electron chi connectivity index (χ1n) is 8.92. The van der Waals surface area contributed by atoms with Crippen molar-refractivity contribution in [2.24, 2.45) is 0 Å². The summed E-state index contributed by atoms with van der Waals surface area (Å²) in [5.74, 6) is -0.541. The van der Waals surface area contributed by atoms with Crippen molar-refractivity contribution in [3.8, 4) is 0 Å². The van der Waals surface area contributed by atoms with Crippen LogP contribution >= 0.6 is 0 Å². The molecule has 25 heavy (non-hydrogen) atoms. The van der Waals surface area contributed by atoms with Crippen molar-refractivity contribution in [3.63, 3.8) is 0 Å². The minimum Gasteiger partial charge on any atom is -0.375 e. The second kappa shape index (κ2) is 7.66. The van der Waals surface area contributed by atoms with Crippen molar-refractivity contribution in [2.45, 2.75) is 63.9 Å². The molecular formula is C18H25FN2O4. The van der Waals surface area contributed by atoms with Crippen molar-refractivity contribution < 1.29 is 18.8 Å². The second-order valence-electron chi connectivity index (χ2n) is 7.04. The lowest BCUT2D eigenvalue weighted by Crippen LogP contribution is -2.41. The van der Waals surface area contributed by atoms with Gasteiger partial charge in [-0.15, -0.1) is 0 Å². The van der Waals surface area contributed by atoms with E-state index in [0.29, 0.717) is 13.1 Å². The number of benzene rings is 1. The summed E-state index contributed by atoms with van der Waals surface area (Å²) >= 11 is 0. The van der Waals surface area contributed by atoms with E-state index in [1.165, 1.54) is 18.2 Å². The minimum absolute atomic E-state index is 0.0965. The third-order valence-electron chi connectivity index (χ3n) is 4.96. The molecule has 3 rings (SSSR count). The highest BCUT2D eigenvalue weighted by Crippen LogP contribution is 2.34. The minimum atomic E-state index is -0.541. The summed E-state index contributed by atoms with van der Waals surface area (Å²) in [5, 5.41) is 11.2. The second-order valence-corrected chi connectivity index (χ2v) is 7.04. The standard InChI is InChI=1S/C18H25FN2O4/c1-12-10-15(11-13(2)24-12)25-14-6-8-20(9-7-14)18-16(19)4-3-5-17(18)21(22)23/h3-5,12-15H,6-11H2,1-2H3/t12-,13+,15?. The number of nitrogens with zero attached hydrogens (tertiary/aromatic N) is 2. The third kappa shape index (κ3) is 4.27. The largest absolute Gasteiger partial charge is 0.375 e. The molecule has 2 aliphatic heterocycles. The molecule has 1 unspecified atom stereocenters. The summed E-state index contributed by atoms with van der Waals surface area (Å²) in [6.45, 7) is 5.24. The van der Waals surface area contributed by atoms with Gasteiger partial charge in [0.25, 0.3) is 5.69 Å². The van der Waals surface area contributed by atoms with Crippen LogP contribution in [0.2, 0.25) is 0 Å². The Labute approximate surface area is 147 Å². The van der Waals surface area contributed by atoms with Crippen molar-refractivity contribution in [3.05, 3.63) is 34.1 Å². The van der Waals surface area contributed by atoms with Crippen LogP contribution in [-0.2, 0) is 9.47 Å². The number of hydrogen-bond acceptors (Lipinski definition) is 5. The maximum absolute atomic E-state index is 14.2. The van der Waals surface area contributed by atoms with E-state index < -0.39 is 10.7 Å². The maximum Gasteiger partial charge on any atom is 0.295 e. The molecule has 2 aliphatic rings. The zero-order valence-corrected chi connectivity index (χ0v) is 14.7. The monoisotopic (exact) mass is 352 g/mol. The average Bonchev–Trinajstić information content (AvgIpc) is 2.54. The molecular weight excluding hydrogens is 327 g/mol. The highest BCUT2D eigenvalue weighted by atomic mass is 19.1. The van der Waals surface area contributed by atoms with E-state index in [-0.39, 0.29) is 35.8 Å². The van der Waals surface area contributed by atoms with Crippen LogP contribution in [0.5, 0.6) is 0 Å². The average molecular weight is 352 g/mol. The van der Waals surface area contributed by atoms with Crippen LogP contribution in [0.4, 0.5) is 15.8 Å². The van der Waals surface area contributed by atoms with E-state index in [4.69, 9.17) is 9.47 Å². The van der Waals surface area contributed by atoms with Gasteiger partial charge in [-0.2, -0.15) is 0 Å². The van der Waals surface area contributed by atoms with Crippen molar-refractivity contribution >= 4 is 11.4 Å². The van der Waals surface area contributed by atoms with Gasteiger partial charge in [-0.1, -0.05) is 6.07 Å². The van der Waals surface area contributed by atoms with Gasteiger partial charge in [0.1, 0.15) is 0 Å². The fraction of sp³-hybridized carbons (Fsp3) is 0.667. The number of para-hydroxylation sites is 1. The number of nitro benzene ring substituents is 1. The van der Waals surface area contributed by atoms with Crippen LogP contribution in [-0.4, -0.2) is 42.4 Å². The lowest BCUT2D eigenvalue weighted by molar-refractivity contribution is -0.384. The molecule has 3 atom stereocenters. The summed E-state index contributed by atoms with van der Waals surface area (Å²) < 4.78 is 26.1. The molecule has 2 heterocycles. The number of piperidine rings is 1. The van der Waals surface area contributed by atoms with Crippen LogP contribution in [0.15, 0.2) is 18.2 Å². The van der Waals surface area contributed by atoms with Gasteiger partial charge >= 0.3 is 0 Å². The number of rotatable bonds is 4. The number of halogens is 1. The predicted octanol–water partition coefficient (Wildman–Crippen LogP) is 3.68. The van der Waals surface area contributed by atoms with Crippen LogP contribution in [0, 0.1) is 15.9 Å². The quantitative estimate of drug-likeness (QED) is 0.611. The van der Waals surface area contributed by atoms with Crippen LogP contribution in [0.3, 0.4) is 0 Å². The van der Waals surface area contributed by atoms with Gasteiger partial charge in [0.05, 0.1) is 29.3 Å². The zero-order chi connectivity index (χ0) is 18.0. The first-order valence-corrected chi connectivity index (χ1v) is 8.92. The van der Waals surface area contributed by atoms with E-state index in [1.54, 1.807) is 4.90 Å². The predicted molar refractivity (Wildman–Crippen MR) is 92.4 cm³/mol. The zero-order valence-electron chi connectivity index (χ0n) is 14.7. The first-order chi connectivity index (χ1) is 11.9. The molecule has 0 radical (unpaired) electrons. The SMILES string of the molecule is C[C@@H]1CC(OC2CCN(c3c(F)cccc3[N+](=O)[O-])CC2)C[C@H](C)O1. The van der Waals surface area contributed by atoms with E-state index in [9.17, 15) is 14.5 Å². The third-order valence-corrected chi connectivity index (χ3v) is 4.96. The fourth-order valence-corrected chi connectivity index (χ4v) is 3.91. The molecule has 6 nitrogen and oxygen atoms in total. The Bertz CT molecular complexity index is 609. The molecule has 1 aromatic carbocycles. The molecule has 1 aromatic rings. The molecule has 0 bridgehead atoms. The molecule has 138 valence electrons. The summed E-state index contributed by atoms with van der Waals surface area (Å²) in [4.78, 5) is 12.4. The number of ether oxygens (including phenoxy) is 2. The van der Waals surface area contributed by atoms with E-state index >= 15 is 0 Å². The topological polar surface area (TPSA) is 64.8 Å². The van der Waals surface area contributed by atoms with Crippen molar-refractivity contribution in [2.75, 3.05) is 18.0 Å². The lowest BCUT2D eigenvalue weighted by atomic mass is 10.0. The van der Waals surface area contributed by atoms with Crippen molar-refractivity contribution in [1.29, 1.82) is 0 Å². The molecule has 0 aromatic heterocycles. The summed E-state index contributed by atoms with van der Waals surface area (Å²) in [6, 6.07) is 4.00. The van der Waals surface area contributed by atoms with Gasteiger partial charge in [-0.3, -0.25) is 10.1 Å². The smallest absolute Gasteiger partial charge is 0.295 e. The summed E-state index contributed by atoms with van der Waals surface area (Å²) in [5.41, 5.74) is -0.0780. The Kier molecular flexibility index (Phi) is 5.54. The molecule has 7 heteroatoms. The number of hydrogen-bond donors (Lipinski definition) is 0. The molecule has 0 amide bonds. The van der Waals surface area contributed by atoms with Crippen LogP contribution in [0.1, 0.15) is 39.5 Å². The lowest BCUT2D eigenvalue weighted by Gasteiger charge is -2.38. The van der Waals surface area contributed by atoms with Crippen LogP contribution in [0.25, 0.3) is 0 Å². The van der Waals surface area contributed by atoms with Gasteiger partial charge < -0.3 is 14.4 Å². The maximum atomic E-state index is 14.2. The highest BCUT2D eigenvalue weighted by molar-refractivity contribution is 5.64. The van der Waals surface area contributed by atoms with Crippen molar-refractivity contribution in [1.82, 2.24) is 0 Å². The summed E-state index contributed by atoms with van der Waals surface area (Å²) in [7, 11) is 0. The van der Waals surface area contributed by atoms with Gasteiger partial charge in [-0.25, -0.2) is 4.39 Å². The Morgan fingerprint density at radius 1 is 1.20 bits per heavy atom. The number of nitro groups is 1. The molecule has 2 fully saturated rings. The summed E-state index contributed by atoms with van der Waals surface area (Å²) in [6.07, 6.45) is 3.98. The Hall–Kier alpha value is -1.73. The van der Waals surface area contributed by atoms with Gasteiger partial charge in [0.2, 0.25) is 0 Å². The van der Waals surface area contributed by atoms with Crippen LogP contribution < -0.4 is 4.90 Å². The molecule has 0 aliphatic carbocycles.